The summed E-state index contributed by atoms with van der Waals surface area (Å²) in [6, 6.07) is 37.9. The number of hydrogen-bond donors (Lipinski definition) is 1. The van der Waals surface area contributed by atoms with E-state index >= 15 is 0 Å². The lowest BCUT2D eigenvalue weighted by Crippen LogP contribution is -2.16. The van der Waals surface area contributed by atoms with Crippen LogP contribution in [0.15, 0.2) is 132 Å². The number of benzene rings is 4. The Morgan fingerprint density at radius 3 is 1.71 bits per heavy atom. The van der Waals surface area contributed by atoms with Crippen LogP contribution < -0.4 is 5.73 Å². The van der Waals surface area contributed by atoms with Crippen molar-refractivity contribution in [1.29, 1.82) is 0 Å². The third kappa shape index (κ3) is 5.03. The Labute approximate surface area is 183 Å². The summed E-state index contributed by atoms with van der Waals surface area (Å²) in [5, 5.41) is 0. The first-order valence-electron chi connectivity index (χ1n) is 10.1. The molecule has 0 aliphatic heterocycles. The van der Waals surface area contributed by atoms with Crippen molar-refractivity contribution in [3.8, 4) is 11.1 Å². The van der Waals surface area contributed by atoms with Gasteiger partial charge in [-0.1, -0.05) is 116 Å². The van der Waals surface area contributed by atoms with Gasteiger partial charge < -0.3 is 5.73 Å². The van der Waals surface area contributed by atoms with Crippen LogP contribution in [-0.4, -0.2) is 11.7 Å². The van der Waals surface area contributed by atoms with E-state index in [1.165, 1.54) is 0 Å². The standard InChI is InChI=1S/C28H23N3/c1-21(22-12-5-2-6-13-22)30-28(24-16-9-4-10-17-24)31-27(29)26-19-11-18-25(20-26)23-14-7-3-8-15-23/h2-20H,1H2,(H2,29,30,31). The Morgan fingerprint density at radius 2 is 1.06 bits per heavy atom. The zero-order valence-corrected chi connectivity index (χ0v) is 17.1. The maximum absolute atomic E-state index is 6.43. The number of amidine groups is 2. The van der Waals surface area contributed by atoms with Crippen LogP contribution in [0.5, 0.6) is 0 Å². The van der Waals surface area contributed by atoms with E-state index in [2.05, 4.69) is 24.8 Å². The molecule has 0 radical (unpaired) electrons. The third-order valence-electron chi connectivity index (χ3n) is 4.87. The highest BCUT2D eigenvalue weighted by Gasteiger charge is 2.08. The molecule has 3 heteroatoms. The molecule has 0 aliphatic carbocycles. The first-order chi connectivity index (χ1) is 15.2. The molecule has 31 heavy (non-hydrogen) atoms. The van der Waals surface area contributed by atoms with Gasteiger partial charge in [-0.3, -0.25) is 0 Å². The summed E-state index contributed by atoms with van der Waals surface area (Å²) < 4.78 is 0. The quantitative estimate of drug-likeness (QED) is 0.315. The molecular weight excluding hydrogens is 378 g/mol. The molecular formula is C28H23N3. The average Bonchev–Trinajstić information content (AvgIpc) is 2.85. The van der Waals surface area contributed by atoms with E-state index in [0.29, 0.717) is 17.4 Å². The largest absolute Gasteiger partial charge is 0.383 e. The van der Waals surface area contributed by atoms with Crippen molar-refractivity contribution in [3.63, 3.8) is 0 Å². The van der Waals surface area contributed by atoms with Gasteiger partial charge in [0, 0.05) is 11.1 Å². The molecule has 3 nitrogen and oxygen atoms in total. The zero-order chi connectivity index (χ0) is 21.5. The lowest BCUT2D eigenvalue weighted by atomic mass is 10.0. The number of rotatable bonds is 5. The minimum atomic E-state index is 0.404. The number of aliphatic imine (C=N–C) groups is 2. The van der Waals surface area contributed by atoms with Gasteiger partial charge in [0.15, 0.2) is 5.84 Å². The highest BCUT2D eigenvalue weighted by atomic mass is 15.0. The van der Waals surface area contributed by atoms with E-state index in [0.717, 1.165) is 27.8 Å². The normalized spacial score (nSPS) is 11.9. The molecule has 0 atom stereocenters. The predicted molar refractivity (Wildman–Crippen MR) is 131 cm³/mol. The van der Waals surface area contributed by atoms with Crippen LogP contribution in [0.25, 0.3) is 16.8 Å². The zero-order valence-electron chi connectivity index (χ0n) is 17.1. The monoisotopic (exact) mass is 401 g/mol. The van der Waals surface area contributed by atoms with Gasteiger partial charge in [-0.25, -0.2) is 9.98 Å². The molecule has 0 amide bonds. The third-order valence-corrected chi connectivity index (χ3v) is 4.87. The van der Waals surface area contributed by atoms with Crippen LogP contribution in [0.1, 0.15) is 16.7 Å². The maximum atomic E-state index is 6.43. The van der Waals surface area contributed by atoms with Gasteiger partial charge in [-0.05, 0) is 22.8 Å². The molecule has 0 saturated carbocycles. The molecule has 0 spiro atoms. The molecule has 0 unspecified atom stereocenters. The Kier molecular flexibility index (Phi) is 6.15. The Hall–Kier alpha value is -4.24. The lowest BCUT2D eigenvalue weighted by molar-refractivity contribution is 1.43. The van der Waals surface area contributed by atoms with Gasteiger partial charge in [0.2, 0.25) is 0 Å². The maximum Gasteiger partial charge on any atom is 0.162 e. The van der Waals surface area contributed by atoms with Crippen LogP contribution in [0.3, 0.4) is 0 Å². The smallest absolute Gasteiger partial charge is 0.162 e. The van der Waals surface area contributed by atoms with Crippen LogP contribution in [-0.2, 0) is 0 Å². The van der Waals surface area contributed by atoms with E-state index in [4.69, 9.17) is 15.7 Å². The van der Waals surface area contributed by atoms with E-state index in [1.807, 2.05) is 97.1 Å². The Bertz CT molecular complexity index is 1230. The fourth-order valence-corrected chi connectivity index (χ4v) is 3.23. The summed E-state index contributed by atoms with van der Waals surface area (Å²) in [4.78, 5) is 9.42. The highest BCUT2D eigenvalue weighted by molar-refractivity contribution is 6.12. The number of hydrogen-bond acceptors (Lipinski definition) is 1. The van der Waals surface area contributed by atoms with Crippen LogP contribution in [0.2, 0.25) is 0 Å². The molecule has 0 fully saturated rings. The van der Waals surface area contributed by atoms with E-state index in [-0.39, 0.29) is 0 Å². The molecule has 0 aliphatic rings. The van der Waals surface area contributed by atoms with E-state index in [1.54, 1.807) is 0 Å². The minimum Gasteiger partial charge on any atom is -0.383 e. The molecule has 150 valence electrons. The van der Waals surface area contributed by atoms with E-state index < -0.39 is 0 Å². The fraction of sp³-hybridized carbons (Fsp3) is 0. The molecule has 4 rings (SSSR count). The van der Waals surface area contributed by atoms with Gasteiger partial charge >= 0.3 is 0 Å². The Morgan fingerprint density at radius 1 is 0.548 bits per heavy atom. The van der Waals surface area contributed by atoms with Crippen molar-refractivity contribution in [3.05, 3.63) is 139 Å². The van der Waals surface area contributed by atoms with Gasteiger partial charge in [-0.15, -0.1) is 0 Å². The molecule has 0 heterocycles. The second-order valence-electron chi connectivity index (χ2n) is 7.06. The molecule has 0 bridgehead atoms. The number of nitrogens with two attached hydrogens (primary N) is 1. The first kappa shape index (κ1) is 20.0. The Balaban J connectivity index is 1.73. The minimum absolute atomic E-state index is 0.404. The molecule has 4 aromatic carbocycles. The predicted octanol–water partition coefficient (Wildman–Crippen LogP) is 6.18. The lowest BCUT2D eigenvalue weighted by Gasteiger charge is -2.08. The second kappa shape index (κ2) is 9.51. The fourth-order valence-electron chi connectivity index (χ4n) is 3.23. The van der Waals surface area contributed by atoms with Crippen molar-refractivity contribution in [2.45, 2.75) is 0 Å². The topological polar surface area (TPSA) is 50.7 Å². The van der Waals surface area contributed by atoms with Crippen LogP contribution in [0.4, 0.5) is 0 Å². The van der Waals surface area contributed by atoms with Gasteiger partial charge in [-0.2, -0.15) is 0 Å². The van der Waals surface area contributed by atoms with Crippen molar-refractivity contribution in [2.75, 3.05) is 0 Å². The summed E-state index contributed by atoms with van der Waals surface area (Å²) in [6.45, 7) is 4.13. The summed E-state index contributed by atoms with van der Waals surface area (Å²) >= 11 is 0. The van der Waals surface area contributed by atoms with Gasteiger partial charge in [0.1, 0.15) is 5.84 Å². The SMILES string of the molecule is C=C(N=C(N=C(N)c1cccc(-c2ccccc2)c1)c1ccccc1)c1ccccc1. The van der Waals surface area contributed by atoms with Crippen LogP contribution >= 0.6 is 0 Å². The summed E-state index contributed by atoms with van der Waals surface area (Å²) in [5.74, 6) is 0.929. The van der Waals surface area contributed by atoms with Crippen LogP contribution in [0, 0.1) is 0 Å². The summed E-state index contributed by atoms with van der Waals surface area (Å²) in [7, 11) is 0. The van der Waals surface area contributed by atoms with Crippen molar-refractivity contribution in [2.24, 2.45) is 15.7 Å². The average molecular weight is 402 g/mol. The summed E-state index contributed by atoms with van der Waals surface area (Å²) in [5.41, 5.74) is 11.9. The molecule has 0 saturated heterocycles. The van der Waals surface area contributed by atoms with E-state index in [9.17, 15) is 0 Å². The summed E-state index contributed by atoms with van der Waals surface area (Å²) in [6.07, 6.45) is 0. The number of nitrogens with zero attached hydrogens (tertiary/aromatic N) is 2. The van der Waals surface area contributed by atoms with Crippen molar-refractivity contribution < 1.29 is 0 Å². The highest BCUT2D eigenvalue weighted by Crippen LogP contribution is 2.20. The van der Waals surface area contributed by atoms with Gasteiger partial charge in [0.05, 0.1) is 5.70 Å². The first-order valence-corrected chi connectivity index (χ1v) is 10.1. The molecule has 4 aromatic rings. The molecule has 2 N–H and O–H groups in total. The molecule has 0 aromatic heterocycles. The second-order valence-corrected chi connectivity index (χ2v) is 7.06. The van der Waals surface area contributed by atoms with Crippen molar-refractivity contribution in [1.82, 2.24) is 0 Å². The van der Waals surface area contributed by atoms with Crippen molar-refractivity contribution >= 4 is 17.4 Å². The van der Waals surface area contributed by atoms with Gasteiger partial charge in [0.25, 0.3) is 0 Å².